The van der Waals surface area contributed by atoms with Crippen molar-refractivity contribution in [1.29, 1.82) is 0 Å². The number of rotatable bonds is 16. The first-order chi connectivity index (χ1) is 43.0. The Balaban J connectivity index is 0.00000433. The number of aromatic hydroxyl groups is 2. The number of nitrogens with zero attached hydrogens (tertiary/aromatic N) is 2. The van der Waals surface area contributed by atoms with Crippen LogP contribution in [0.25, 0.3) is 77.2 Å². The SMILES string of the molecule is CC(C)(C)CC(C)(C)c1cc(-c2cc(F)ccc2O[CH+]CCC[CH+]Oc2ccc(F)cc2-c2cc(C(C)(C)CC(C)(C)C)cc(-n3c4ccc(C(C)(C)C)cc4c4cc(C(C)(C)C)ccc43)c2O)c(O)c(-n2c3ccc(C(C)(C)C)cc3c3cc(C(C)(C)C)ccc32)c1.[CH3-].[CH3-].[Zr]. The van der Waals surface area contributed by atoms with E-state index in [0.29, 0.717) is 64.4 Å². The van der Waals surface area contributed by atoms with E-state index >= 15 is 8.78 Å². The summed E-state index contributed by atoms with van der Waals surface area (Å²) in [4.78, 5) is 0. The van der Waals surface area contributed by atoms with E-state index in [1.54, 1.807) is 25.3 Å². The second-order valence-corrected chi connectivity index (χ2v) is 34.4. The molecule has 96 heavy (non-hydrogen) atoms. The van der Waals surface area contributed by atoms with E-state index in [9.17, 15) is 10.2 Å². The molecule has 0 saturated carbocycles. The van der Waals surface area contributed by atoms with Crippen LogP contribution < -0.4 is 9.47 Å². The number of fused-ring (bicyclic) bond motifs is 6. The maximum atomic E-state index is 15.8. The van der Waals surface area contributed by atoms with Crippen molar-refractivity contribution in [2.45, 2.75) is 217 Å². The first-order valence-corrected chi connectivity index (χ1v) is 33.5. The van der Waals surface area contributed by atoms with Crippen molar-refractivity contribution in [3.8, 4) is 56.6 Å². The molecular formula is C87H108F2N2O4Zr. The van der Waals surface area contributed by atoms with Gasteiger partial charge < -0.3 is 43.7 Å². The van der Waals surface area contributed by atoms with Crippen LogP contribution in [0, 0.1) is 50.5 Å². The Morgan fingerprint density at radius 1 is 0.354 bits per heavy atom. The normalized spacial score (nSPS) is 12.8. The van der Waals surface area contributed by atoms with E-state index < -0.39 is 11.6 Å². The summed E-state index contributed by atoms with van der Waals surface area (Å²) in [5, 5.41) is 30.3. The fraction of sp³-hybridized carbons (Fsp3) is 0.402. The van der Waals surface area contributed by atoms with Gasteiger partial charge in [0.15, 0.2) is 11.5 Å². The number of hydrogen-bond donors (Lipinski definition) is 2. The van der Waals surface area contributed by atoms with Crippen LogP contribution in [0.4, 0.5) is 8.78 Å². The minimum Gasteiger partial charge on any atom is -0.505 e. The first-order valence-electron chi connectivity index (χ1n) is 33.5. The van der Waals surface area contributed by atoms with Crippen LogP contribution in [0.5, 0.6) is 23.0 Å². The number of unbranched alkanes of at least 4 members (excludes halogenated alkanes) is 2. The Labute approximate surface area is 594 Å². The maximum Gasteiger partial charge on any atom is 0.276 e. The number of aromatic nitrogens is 2. The number of hydrogen-bond acceptors (Lipinski definition) is 4. The molecule has 0 aliphatic rings. The van der Waals surface area contributed by atoms with Gasteiger partial charge in [-0.25, -0.2) is 8.78 Å². The predicted octanol–water partition coefficient (Wildman–Crippen LogP) is 25.4. The fourth-order valence-electron chi connectivity index (χ4n) is 14.3. The van der Waals surface area contributed by atoms with Crippen molar-refractivity contribution < 1.29 is 54.7 Å². The van der Waals surface area contributed by atoms with Crippen LogP contribution >= 0.6 is 0 Å². The molecular weight excluding hydrogens is 1270 g/mol. The molecule has 0 fully saturated rings. The van der Waals surface area contributed by atoms with Crippen molar-refractivity contribution >= 4 is 43.6 Å². The quantitative estimate of drug-likeness (QED) is 0.0747. The van der Waals surface area contributed by atoms with Gasteiger partial charge in [0, 0.05) is 76.4 Å². The van der Waals surface area contributed by atoms with Crippen LogP contribution in [0.2, 0.25) is 0 Å². The van der Waals surface area contributed by atoms with E-state index in [2.05, 4.69) is 246 Å². The van der Waals surface area contributed by atoms with Gasteiger partial charge in [0.05, 0.1) is 33.4 Å². The average molecular weight is 1380 g/mol. The Bertz CT molecular complexity index is 4050. The van der Waals surface area contributed by atoms with Crippen molar-refractivity contribution in [2.24, 2.45) is 10.8 Å². The van der Waals surface area contributed by atoms with E-state index in [0.717, 1.165) is 67.6 Å². The summed E-state index contributed by atoms with van der Waals surface area (Å²) in [6, 6.07) is 43.9. The van der Waals surface area contributed by atoms with Gasteiger partial charge in [-0.15, -0.1) is 0 Å². The number of ether oxygens (including phenoxy) is 2. The third-order valence-corrected chi connectivity index (χ3v) is 18.7. The molecule has 10 aromatic rings. The summed E-state index contributed by atoms with van der Waals surface area (Å²) in [6.45, 7) is 52.7. The van der Waals surface area contributed by atoms with Gasteiger partial charge >= 0.3 is 0 Å². The van der Waals surface area contributed by atoms with Gasteiger partial charge in [-0.1, -0.05) is 177 Å². The second-order valence-electron chi connectivity index (χ2n) is 34.4. The van der Waals surface area contributed by atoms with E-state index in [-0.39, 0.29) is 95.9 Å². The maximum absolute atomic E-state index is 15.8. The average Bonchev–Trinajstić information content (AvgIpc) is 1.55. The number of phenols is 2. The van der Waals surface area contributed by atoms with E-state index in [1.807, 2.05) is 12.1 Å². The Morgan fingerprint density at radius 3 is 0.896 bits per heavy atom. The van der Waals surface area contributed by atoms with E-state index in [4.69, 9.17) is 9.47 Å². The Hall–Kier alpha value is -6.96. The fourth-order valence-corrected chi connectivity index (χ4v) is 14.3. The molecule has 0 unspecified atom stereocenters. The molecule has 2 heterocycles. The number of halogens is 2. The Morgan fingerprint density at radius 2 is 0.635 bits per heavy atom. The van der Waals surface area contributed by atoms with Crippen LogP contribution in [0.3, 0.4) is 0 Å². The molecule has 0 spiro atoms. The smallest absolute Gasteiger partial charge is 0.276 e. The summed E-state index contributed by atoms with van der Waals surface area (Å²) in [7, 11) is 0. The van der Waals surface area contributed by atoms with Gasteiger partial charge in [0.1, 0.15) is 36.0 Å². The Kier molecular flexibility index (Phi) is 21.8. The van der Waals surface area contributed by atoms with Gasteiger partial charge in [0.2, 0.25) is 0 Å². The molecule has 0 saturated heterocycles. The summed E-state index contributed by atoms with van der Waals surface area (Å²) < 4.78 is 49.1. The van der Waals surface area contributed by atoms with Crippen LogP contribution in [0.1, 0.15) is 218 Å². The van der Waals surface area contributed by atoms with E-state index in [1.165, 1.54) is 46.5 Å². The molecule has 0 bridgehead atoms. The predicted molar refractivity (Wildman–Crippen MR) is 401 cm³/mol. The van der Waals surface area contributed by atoms with Gasteiger partial charge in [-0.2, -0.15) is 0 Å². The molecule has 8 aromatic carbocycles. The zero-order valence-electron chi connectivity index (χ0n) is 62.3. The molecule has 9 heteroatoms. The third kappa shape index (κ3) is 15.9. The van der Waals surface area contributed by atoms with Crippen molar-refractivity contribution in [2.75, 3.05) is 0 Å². The minimum atomic E-state index is -0.452. The molecule has 10 rings (SSSR count). The summed E-state index contributed by atoms with van der Waals surface area (Å²) in [5.74, 6) is -0.0502. The topological polar surface area (TPSA) is 68.8 Å². The van der Waals surface area contributed by atoms with Gasteiger partial charge in [-0.3, -0.25) is 0 Å². The molecule has 0 amide bonds. The second kappa shape index (κ2) is 27.4. The van der Waals surface area contributed by atoms with Crippen LogP contribution in [0.15, 0.2) is 133 Å². The zero-order valence-corrected chi connectivity index (χ0v) is 64.7. The molecule has 0 atom stereocenters. The largest absolute Gasteiger partial charge is 0.505 e. The van der Waals surface area contributed by atoms with Crippen LogP contribution in [-0.4, -0.2) is 19.3 Å². The molecule has 2 aromatic heterocycles. The molecule has 6 nitrogen and oxygen atoms in total. The van der Waals surface area contributed by atoms with Crippen molar-refractivity contribution in [3.05, 3.63) is 207 Å². The number of benzene rings is 8. The minimum absolute atomic E-state index is 0. The summed E-state index contributed by atoms with van der Waals surface area (Å²) in [6.07, 6.45) is 3.31. The molecule has 508 valence electrons. The van der Waals surface area contributed by atoms with Gasteiger partial charge in [0.25, 0.3) is 13.2 Å². The summed E-state index contributed by atoms with van der Waals surface area (Å²) >= 11 is 0. The number of phenolic OH excluding ortho intramolecular Hbond substituents is 2. The monoisotopic (exact) mass is 1370 g/mol. The first kappa shape index (κ1) is 76.4. The van der Waals surface area contributed by atoms with Crippen LogP contribution in [-0.2, 0) is 58.7 Å². The standard InChI is InChI=1S/C85H100F2N2O4.2CH3.Zr/c1-78(2,3)50-84(19,20)56-44-66(76(90)72(46-56)88-68-32-26-52(80(7,8)9)40-60(68)61-41-53(81(10,11)12)27-33-69(61)88)64-48-58(86)30-36-74(64)92-38-24-23-25-39-93-75-37-31-59(87)49-65(75)67-45-57(85(21,22)51-79(4,5)6)47-73(77(67)91)89-70-34-28-54(82(13,14)15)42-62(70)63-43-55(83(16,17)18)29-35-71(63)89;;;/h26-49H,23-25,50-51H2,1-22H3;2*1H3;/q;2*-1;/p+2. The molecule has 0 aliphatic heterocycles. The third-order valence-electron chi connectivity index (χ3n) is 18.7. The zero-order chi connectivity index (χ0) is 68.1. The molecule has 0 radical (unpaired) electrons. The van der Waals surface area contributed by atoms with Crippen molar-refractivity contribution in [3.63, 3.8) is 0 Å². The van der Waals surface area contributed by atoms with Crippen molar-refractivity contribution in [1.82, 2.24) is 9.13 Å². The summed E-state index contributed by atoms with van der Waals surface area (Å²) in [5.41, 5.74) is 12.6. The molecule has 2 N–H and O–H groups in total. The molecule has 0 aliphatic carbocycles. The van der Waals surface area contributed by atoms with Gasteiger partial charge in [-0.05, 0) is 199 Å².